The van der Waals surface area contributed by atoms with Gasteiger partial charge in [0, 0.05) is 6.54 Å². The molecule has 0 spiro atoms. The van der Waals surface area contributed by atoms with Crippen LogP contribution in [0.15, 0.2) is 53.3 Å². The van der Waals surface area contributed by atoms with Crippen LogP contribution in [0.4, 0.5) is 0 Å². The fraction of sp³-hybridized carbons (Fsp3) is 0.235. The van der Waals surface area contributed by atoms with Crippen LogP contribution in [0.1, 0.15) is 18.1 Å². The van der Waals surface area contributed by atoms with E-state index in [1.807, 2.05) is 40.3 Å². The molecule has 1 heterocycles. The van der Waals surface area contributed by atoms with Crippen molar-refractivity contribution in [1.29, 1.82) is 0 Å². The highest BCUT2D eigenvalue weighted by Crippen LogP contribution is 2.16. The standard InChI is InChI=1S/C17H18N2O/c1-3-18-15-10-9-13(2)11-16(15)19(17(18)20)12-14-7-5-4-6-8-14/h4-11H,3,12H2,1-2H3. The van der Waals surface area contributed by atoms with E-state index >= 15 is 0 Å². The second-order valence-corrected chi connectivity index (χ2v) is 5.09. The van der Waals surface area contributed by atoms with Crippen molar-refractivity contribution in [2.75, 3.05) is 0 Å². The minimum absolute atomic E-state index is 0.0666. The summed E-state index contributed by atoms with van der Waals surface area (Å²) in [4.78, 5) is 12.6. The molecule has 0 unspecified atom stereocenters. The summed E-state index contributed by atoms with van der Waals surface area (Å²) in [5.74, 6) is 0. The molecule has 0 aliphatic rings. The first-order valence-electron chi connectivity index (χ1n) is 6.94. The molecule has 1 aromatic heterocycles. The number of hydrogen-bond donors (Lipinski definition) is 0. The molecule has 0 saturated carbocycles. The van der Waals surface area contributed by atoms with Gasteiger partial charge in [-0.05, 0) is 37.1 Å². The van der Waals surface area contributed by atoms with E-state index < -0.39 is 0 Å². The zero-order chi connectivity index (χ0) is 14.1. The molecule has 3 rings (SSSR count). The zero-order valence-electron chi connectivity index (χ0n) is 11.8. The van der Waals surface area contributed by atoms with Gasteiger partial charge in [0.1, 0.15) is 0 Å². The van der Waals surface area contributed by atoms with Gasteiger partial charge in [0.25, 0.3) is 0 Å². The van der Waals surface area contributed by atoms with Crippen molar-refractivity contribution in [3.05, 3.63) is 70.1 Å². The lowest BCUT2D eigenvalue weighted by atomic mass is 10.2. The molecule has 0 saturated heterocycles. The van der Waals surface area contributed by atoms with E-state index in [9.17, 15) is 4.79 Å². The maximum absolute atomic E-state index is 12.6. The van der Waals surface area contributed by atoms with Crippen molar-refractivity contribution in [3.8, 4) is 0 Å². The summed E-state index contributed by atoms with van der Waals surface area (Å²) in [5.41, 5.74) is 4.41. The molecule has 0 amide bonds. The van der Waals surface area contributed by atoms with Gasteiger partial charge in [-0.25, -0.2) is 4.79 Å². The largest absolute Gasteiger partial charge is 0.329 e. The van der Waals surface area contributed by atoms with Gasteiger partial charge in [0.15, 0.2) is 0 Å². The Hall–Kier alpha value is -2.29. The average molecular weight is 266 g/mol. The zero-order valence-corrected chi connectivity index (χ0v) is 11.8. The lowest BCUT2D eigenvalue weighted by Gasteiger charge is -2.03. The van der Waals surface area contributed by atoms with Crippen LogP contribution in [-0.2, 0) is 13.1 Å². The monoisotopic (exact) mass is 266 g/mol. The SMILES string of the molecule is CCn1c(=O)n(Cc2ccccc2)c2cc(C)ccc21. The van der Waals surface area contributed by atoms with Crippen LogP contribution >= 0.6 is 0 Å². The number of imidazole rings is 1. The Morgan fingerprint density at radius 2 is 1.70 bits per heavy atom. The average Bonchev–Trinajstić information content (AvgIpc) is 2.72. The number of rotatable bonds is 3. The maximum Gasteiger partial charge on any atom is 0.329 e. The number of aromatic nitrogens is 2. The number of aryl methyl sites for hydroxylation is 2. The molecule has 0 atom stereocenters. The Morgan fingerprint density at radius 3 is 2.40 bits per heavy atom. The maximum atomic E-state index is 12.6. The van der Waals surface area contributed by atoms with Crippen molar-refractivity contribution >= 4 is 11.0 Å². The van der Waals surface area contributed by atoms with Gasteiger partial charge in [-0.1, -0.05) is 36.4 Å². The fourth-order valence-corrected chi connectivity index (χ4v) is 2.65. The van der Waals surface area contributed by atoms with E-state index in [1.165, 1.54) is 5.56 Å². The van der Waals surface area contributed by atoms with Gasteiger partial charge >= 0.3 is 5.69 Å². The molecular weight excluding hydrogens is 248 g/mol. The van der Waals surface area contributed by atoms with E-state index in [0.29, 0.717) is 13.1 Å². The molecule has 0 N–H and O–H groups in total. The molecule has 2 aromatic carbocycles. The first-order chi connectivity index (χ1) is 9.70. The Bertz CT molecular complexity index is 797. The van der Waals surface area contributed by atoms with Gasteiger partial charge in [-0.2, -0.15) is 0 Å². The van der Waals surface area contributed by atoms with Crippen molar-refractivity contribution in [2.45, 2.75) is 26.9 Å². The van der Waals surface area contributed by atoms with Crippen LogP contribution in [0, 0.1) is 6.92 Å². The van der Waals surface area contributed by atoms with Gasteiger partial charge in [-0.15, -0.1) is 0 Å². The minimum Gasteiger partial charge on any atom is -0.292 e. The minimum atomic E-state index is 0.0666. The van der Waals surface area contributed by atoms with Crippen molar-refractivity contribution < 1.29 is 0 Å². The van der Waals surface area contributed by atoms with Crippen LogP contribution in [0.3, 0.4) is 0 Å². The van der Waals surface area contributed by atoms with Gasteiger partial charge in [0.2, 0.25) is 0 Å². The predicted molar refractivity (Wildman–Crippen MR) is 82.2 cm³/mol. The van der Waals surface area contributed by atoms with Gasteiger partial charge in [-0.3, -0.25) is 9.13 Å². The predicted octanol–water partition coefficient (Wildman–Crippen LogP) is 3.18. The van der Waals surface area contributed by atoms with Crippen LogP contribution in [0.5, 0.6) is 0 Å². The second-order valence-electron chi connectivity index (χ2n) is 5.09. The van der Waals surface area contributed by atoms with Crippen molar-refractivity contribution in [3.63, 3.8) is 0 Å². The number of hydrogen-bond acceptors (Lipinski definition) is 1. The summed E-state index contributed by atoms with van der Waals surface area (Å²) in [6, 6.07) is 16.3. The number of nitrogens with zero attached hydrogens (tertiary/aromatic N) is 2. The summed E-state index contributed by atoms with van der Waals surface area (Å²) in [5, 5.41) is 0. The summed E-state index contributed by atoms with van der Waals surface area (Å²) in [7, 11) is 0. The molecular formula is C17H18N2O. The number of benzene rings is 2. The third-order valence-electron chi connectivity index (χ3n) is 3.67. The summed E-state index contributed by atoms with van der Waals surface area (Å²) in [6.07, 6.45) is 0. The highest BCUT2D eigenvalue weighted by atomic mass is 16.1. The normalized spacial score (nSPS) is 11.1. The van der Waals surface area contributed by atoms with Crippen LogP contribution in [-0.4, -0.2) is 9.13 Å². The lowest BCUT2D eigenvalue weighted by Crippen LogP contribution is -2.24. The Labute approximate surface area is 118 Å². The van der Waals surface area contributed by atoms with Crippen LogP contribution in [0.25, 0.3) is 11.0 Å². The molecule has 0 radical (unpaired) electrons. The second kappa shape index (κ2) is 5.00. The van der Waals surface area contributed by atoms with E-state index in [1.54, 1.807) is 0 Å². The first kappa shape index (κ1) is 12.7. The Balaban J connectivity index is 2.21. The molecule has 3 nitrogen and oxygen atoms in total. The van der Waals surface area contributed by atoms with Crippen molar-refractivity contribution in [1.82, 2.24) is 9.13 Å². The molecule has 0 aliphatic heterocycles. The van der Waals surface area contributed by atoms with E-state index in [2.05, 4.69) is 31.2 Å². The van der Waals surface area contributed by atoms with Crippen molar-refractivity contribution in [2.24, 2.45) is 0 Å². The third kappa shape index (κ3) is 2.05. The topological polar surface area (TPSA) is 26.9 Å². The Kier molecular flexibility index (Phi) is 3.18. The molecule has 0 fully saturated rings. The van der Waals surface area contributed by atoms with Crippen LogP contribution < -0.4 is 5.69 Å². The fourth-order valence-electron chi connectivity index (χ4n) is 2.65. The summed E-state index contributed by atoms with van der Waals surface area (Å²) in [6.45, 7) is 5.38. The van der Waals surface area contributed by atoms with Crippen LogP contribution in [0.2, 0.25) is 0 Å². The summed E-state index contributed by atoms with van der Waals surface area (Å²) >= 11 is 0. The number of fused-ring (bicyclic) bond motifs is 1. The molecule has 20 heavy (non-hydrogen) atoms. The first-order valence-corrected chi connectivity index (χ1v) is 6.94. The van der Waals surface area contributed by atoms with Gasteiger partial charge in [0.05, 0.1) is 17.6 Å². The quantitative estimate of drug-likeness (QED) is 0.715. The lowest BCUT2D eigenvalue weighted by molar-refractivity contribution is 0.684. The van der Waals surface area contributed by atoms with Gasteiger partial charge < -0.3 is 0 Å². The smallest absolute Gasteiger partial charge is 0.292 e. The molecule has 3 heteroatoms. The molecule has 3 aromatic rings. The highest BCUT2D eigenvalue weighted by Gasteiger charge is 2.12. The Morgan fingerprint density at radius 1 is 0.950 bits per heavy atom. The molecule has 102 valence electrons. The molecule has 0 aliphatic carbocycles. The summed E-state index contributed by atoms with van der Waals surface area (Å²) < 4.78 is 3.69. The third-order valence-corrected chi connectivity index (χ3v) is 3.67. The van der Waals surface area contributed by atoms with E-state index in [4.69, 9.17) is 0 Å². The highest BCUT2D eigenvalue weighted by molar-refractivity contribution is 5.77. The van der Waals surface area contributed by atoms with E-state index in [-0.39, 0.29) is 5.69 Å². The molecule has 0 bridgehead atoms. The van der Waals surface area contributed by atoms with E-state index in [0.717, 1.165) is 16.6 Å².